The lowest BCUT2D eigenvalue weighted by atomic mass is 9.91. The maximum atomic E-state index is 15.7. The molecule has 0 amide bonds. The average molecular weight is 720 g/mol. The lowest BCUT2D eigenvalue weighted by Crippen LogP contribution is -2.43. The van der Waals surface area contributed by atoms with Crippen molar-refractivity contribution in [3.8, 4) is 29.4 Å². The molecule has 4 aliphatic rings. The Hall–Kier alpha value is -5.01. The van der Waals surface area contributed by atoms with Crippen molar-refractivity contribution in [3.05, 3.63) is 69.6 Å². The van der Waals surface area contributed by atoms with E-state index in [1.54, 1.807) is 6.92 Å². The maximum Gasteiger partial charge on any atom is 0.418 e. The van der Waals surface area contributed by atoms with Crippen LogP contribution in [0.2, 0.25) is 0 Å². The molecule has 2 atom stereocenters. The SMILES string of the molecule is C=C1CN2CCC[C@@]2(COc2nc3c(c(N4CCCn5nc(-c6nnc(C)o6)cc5C4)n2)COC(c2c(F)c(N)cc(C#CC)c2C(F)(F)F)C3)C1. The fourth-order valence-corrected chi connectivity index (χ4v) is 8.08. The van der Waals surface area contributed by atoms with Crippen molar-refractivity contribution in [3.63, 3.8) is 0 Å². The molecular formula is C36H37F4N9O3. The number of aromatic nitrogens is 6. The minimum atomic E-state index is -4.93. The first kappa shape index (κ1) is 34.1. The van der Waals surface area contributed by atoms with E-state index in [0.29, 0.717) is 67.2 Å². The fraction of sp³-hybridized carbons (Fsp3) is 0.472. The van der Waals surface area contributed by atoms with Gasteiger partial charge in [0.15, 0.2) is 5.82 Å². The molecule has 0 spiro atoms. The molecule has 7 heterocycles. The van der Waals surface area contributed by atoms with Crippen molar-refractivity contribution >= 4 is 11.5 Å². The number of aryl methyl sites for hydroxylation is 2. The van der Waals surface area contributed by atoms with E-state index in [2.05, 4.69) is 38.4 Å². The molecule has 8 rings (SSSR count). The summed E-state index contributed by atoms with van der Waals surface area (Å²) in [7, 11) is 0. The largest absolute Gasteiger partial charge is 0.461 e. The van der Waals surface area contributed by atoms with Crippen LogP contribution in [0.15, 0.2) is 28.7 Å². The quantitative estimate of drug-likeness (QED) is 0.117. The second-order valence-corrected chi connectivity index (χ2v) is 13.9. The second kappa shape index (κ2) is 12.9. The molecule has 1 aromatic carbocycles. The Bertz CT molecular complexity index is 2130. The first-order valence-corrected chi connectivity index (χ1v) is 17.2. The van der Waals surface area contributed by atoms with E-state index in [1.807, 2.05) is 10.7 Å². The van der Waals surface area contributed by atoms with E-state index in [1.165, 1.54) is 6.92 Å². The third kappa shape index (κ3) is 6.05. The molecule has 52 heavy (non-hydrogen) atoms. The summed E-state index contributed by atoms with van der Waals surface area (Å²) in [6.45, 7) is 10.8. The van der Waals surface area contributed by atoms with Crippen LogP contribution >= 0.6 is 0 Å². The summed E-state index contributed by atoms with van der Waals surface area (Å²) < 4.78 is 79.5. The third-order valence-electron chi connectivity index (χ3n) is 10.3. The molecule has 2 N–H and O–H groups in total. The van der Waals surface area contributed by atoms with Gasteiger partial charge in [-0.25, -0.2) is 4.39 Å². The highest BCUT2D eigenvalue weighted by molar-refractivity contribution is 5.59. The van der Waals surface area contributed by atoms with E-state index in [4.69, 9.17) is 34.7 Å². The van der Waals surface area contributed by atoms with Crippen LogP contribution in [0.1, 0.15) is 78.2 Å². The molecule has 0 saturated carbocycles. The number of nitrogens with zero attached hydrogens (tertiary/aromatic N) is 8. The molecule has 2 saturated heterocycles. The van der Waals surface area contributed by atoms with Gasteiger partial charge < -0.3 is 24.5 Å². The highest BCUT2D eigenvalue weighted by atomic mass is 19.4. The van der Waals surface area contributed by atoms with Gasteiger partial charge in [0, 0.05) is 49.7 Å². The summed E-state index contributed by atoms with van der Waals surface area (Å²) in [4.78, 5) is 14.1. The molecule has 0 bridgehead atoms. The normalized spacial score (nSPS) is 21.7. The number of hydrogen-bond acceptors (Lipinski definition) is 11. The van der Waals surface area contributed by atoms with E-state index in [0.717, 1.165) is 49.7 Å². The molecule has 0 aliphatic carbocycles. The van der Waals surface area contributed by atoms with Gasteiger partial charge in [-0.1, -0.05) is 18.1 Å². The van der Waals surface area contributed by atoms with Crippen LogP contribution in [0, 0.1) is 24.6 Å². The zero-order valence-electron chi connectivity index (χ0n) is 28.8. The number of rotatable bonds is 6. The fourth-order valence-electron chi connectivity index (χ4n) is 8.08. The van der Waals surface area contributed by atoms with Gasteiger partial charge >= 0.3 is 12.2 Å². The van der Waals surface area contributed by atoms with Gasteiger partial charge in [0.05, 0.1) is 47.4 Å². The highest BCUT2D eigenvalue weighted by Gasteiger charge is 2.47. The van der Waals surface area contributed by atoms with Crippen molar-refractivity contribution in [1.82, 2.24) is 34.8 Å². The summed E-state index contributed by atoms with van der Waals surface area (Å²) in [6, 6.07) is 2.90. The number of hydrogen-bond donors (Lipinski definition) is 1. The number of nitrogens with two attached hydrogens (primary N) is 1. The molecular weight excluding hydrogens is 682 g/mol. The Morgan fingerprint density at radius 3 is 2.75 bits per heavy atom. The average Bonchev–Trinajstić information content (AvgIpc) is 3.85. The first-order chi connectivity index (χ1) is 24.9. The minimum absolute atomic E-state index is 0.0922. The molecule has 272 valence electrons. The van der Waals surface area contributed by atoms with Crippen LogP contribution < -0.4 is 15.4 Å². The van der Waals surface area contributed by atoms with E-state index in [-0.39, 0.29) is 24.6 Å². The molecule has 0 radical (unpaired) electrons. The van der Waals surface area contributed by atoms with Crippen LogP contribution in [0.5, 0.6) is 6.01 Å². The predicted octanol–water partition coefficient (Wildman–Crippen LogP) is 5.54. The van der Waals surface area contributed by atoms with Crippen LogP contribution in [0.25, 0.3) is 11.6 Å². The summed E-state index contributed by atoms with van der Waals surface area (Å²) in [6.07, 6.45) is -2.97. The van der Waals surface area contributed by atoms with Gasteiger partial charge in [0.25, 0.3) is 5.89 Å². The minimum Gasteiger partial charge on any atom is -0.461 e. The van der Waals surface area contributed by atoms with E-state index < -0.39 is 40.5 Å². The van der Waals surface area contributed by atoms with Crippen LogP contribution in [0.4, 0.5) is 29.1 Å². The number of ether oxygens (including phenoxy) is 2. The number of fused-ring (bicyclic) bond motifs is 3. The molecule has 16 heteroatoms. The molecule has 4 aliphatic heterocycles. The Morgan fingerprint density at radius 1 is 1.13 bits per heavy atom. The zero-order valence-corrected chi connectivity index (χ0v) is 28.8. The lowest BCUT2D eigenvalue weighted by Gasteiger charge is -2.33. The zero-order chi connectivity index (χ0) is 36.4. The first-order valence-electron chi connectivity index (χ1n) is 17.2. The van der Waals surface area contributed by atoms with Crippen molar-refractivity contribution in [2.45, 2.75) is 83.5 Å². The number of benzene rings is 1. The van der Waals surface area contributed by atoms with Gasteiger partial charge in [-0.15, -0.1) is 16.1 Å². The molecule has 1 unspecified atom stereocenters. The Balaban J connectivity index is 1.18. The predicted molar refractivity (Wildman–Crippen MR) is 180 cm³/mol. The molecule has 12 nitrogen and oxygen atoms in total. The molecule has 3 aromatic heterocycles. The van der Waals surface area contributed by atoms with Gasteiger partial charge in [-0.05, 0) is 51.3 Å². The number of halogens is 4. The van der Waals surface area contributed by atoms with E-state index >= 15 is 4.39 Å². The van der Waals surface area contributed by atoms with Crippen molar-refractivity contribution in [1.29, 1.82) is 0 Å². The van der Waals surface area contributed by atoms with Crippen LogP contribution in [0.3, 0.4) is 0 Å². The Morgan fingerprint density at radius 2 is 1.98 bits per heavy atom. The Kier molecular flexibility index (Phi) is 8.45. The number of alkyl halides is 3. The van der Waals surface area contributed by atoms with E-state index in [9.17, 15) is 13.2 Å². The molecule has 4 aromatic rings. The Labute approximate surface area is 297 Å². The number of anilines is 2. The van der Waals surface area contributed by atoms with Gasteiger partial charge in [-0.3, -0.25) is 9.58 Å². The highest BCUT2D eigenvalue weighted by Crippen LogP contribution is 2.45. The van der Waals surface area contributed by atoms with Crippen molar-refractivity contribution < 1.29 is 31.5 Å². The van der Waals surface area contributed by atoms with Crippen molar-refractivity contribution in [2.75, 3.05) is 36.9 Å². The van der Waals surface area contributed by atoms with Gasteiger partial charge in [0.1, 0.15) is 18.1 Å². The smallest absolute Gasteiger partial charge is 0.418 e. The number of nitrogen functional groups attached to an aromatic ring is 1. The van der Waals surface area contributed by atoms with Crippen molar-refractivity contribution in [2.24, 2.45) is 0 Å². The summed E-state index contributed by atoms with van der Waals surface area (Å²) in [5.74, 6) is 5.01. The van der Waals surface area contributed by atoms with Crippen LogP contribution in [-0.2, 0) is 37.0 Å². The summed E-state index contributed by atoms with van der Waals surface area (Å²) in [5, 5.41) is 12.7. The summed E-state index contributed by atoms with van der Waals surface area (Å²) >= 11 is 0. The topological polar surface area (TPSA) is 133 Å². The third-order valence-corrected chi connectivity index (χ3v) is 10.3. The van der Waals surface area contributed by atoms with Gasteiger partial charge in [-0.2, -0.15) is 28.2 Å². The monoisotopic (exact) mass is 719 g/mol. The lowest BCUT2D eigenvalue weighted by molar-refractivity contribution is -0.140. The standard InChI is InChI=1S/C36H37F4N9O3/c1-4-7-22-12-25(41)31(37)29(30(22)36(38,39)40)28-14-26-24(18-50-28)32(43-34(42-26)51-19-35-8-5-10-48(35)16-20(2)15-35)47-9-6-11-49-23(17-47)13-27(46-49)33-45-44-21(3)52-33/h12-13,28H,2,5-6,8-11,14-19,41H2,1,3H3/t28?,35-/m0/s1. The molecule has 2 fully saturated rings. The summed E-state index contributed by atoms with van der Waals surface area (Å²) in [5.41, 5.74) is 6.49. The van der Waals surface area contributed by atoms with Crippen LogP contribution in [-0.4, -0.2) is 66.6 Å². The second-order valence-electron chi connectivity index (χ2n) is 13.9. The van der Waals surface area contributed by atoms with Gasteiger partial charge in [0.2, 0.25) is 5.89 Å². The maximum absolute atomic E-state index is 15.7.